The third kappa shape index (κ3) is 3.06. The number of hydrogen-bond donors (Lipinski definition) is 5. The molecule has 5 rings (SSSR count). The van der Waals surface area contributed by atoms with Crippen LogP contribution in [0.1, 0.15) is 43.9 Å². The Labute approximate surface area is 200 Å². The Balaban J connectivity index is 1.68. The molecule has 10 nitrogen and oxygen atoms in total. The number of primary amides is 1. The average Bonchev–Trinajstić information content (AvgIpc) is 3.26. The molecule has 3 aliphatic rings. The van der Waals surface area contributed by atoms with E-state index in [1.807, 2.05) is 26.1 Å². The zero-order valence-corrected chi connectivity index (χ0v) is 19.1. The predicted octanol–water partition coefficient (Wildman–Crippen LogP) is 1.87. The van der Waals surface area contributed by atoms with Crippen molar-refractivity contribution in [2.45, 2.75) is 44.8 Å². The molecule has 3 unspecified atom stereocenters. The Morgan fingerprint density at radius 1 is 1.17 bits per heavy atom. The second-order valence-electron chi connectivity index (χ2n) is 9.67. The molecule has 3 atom stereocenters. The fraction of sp³-hybridized carbons (Fsp3) is 0.360. The lowest BCUT2D eigenvalue weighted by atomic mass is 9.59. The number of hydrogen-bond acceptors (Lipinski definition) is 8. The molecular formula is C25H25N3O7. The lowest BCUT2D eigenvalue weighted by Crippen LogP contribution is -2.58. The molecule has 0 radical (unpaired) electrons. The van der Waals surface area contributed by atoms with Crippen molar-refractivity contribution in [2.24, 2.45) is 17.6 Å². The normalized spacial score (nSPS) is 26.1. The lowest BCUT2D eigenvalue weighted by Gasteiger charge is -2.46. The van der Waals surface area contributed by atoms with Crippen LogP contribution in [0.4, 0.5) is 0 Å². The van der Waals surface area contributed by atoms with Gasteiger partial charge in [-0.1, -0.05) is 0 Å². The number of aliphatic hydroxyl groups excluding tert-OH is 2. The van der Waals surface area contributed by atoms with E-state index in [0.717, 1.165) is 0 Å². The summed E-state index contributed by atoms with van der Waals surface area (Å²) in [5.41, 5.74) is 3.60. The third-order valence-electron chi connectivity index (χ3n) is 7.36. The van der Waals surface area contributed by atoms with E-state index >= 15 is 0 Å². The summed E-state index contributed by atoms with van der Waals surface area (Å²) in [6.07, 6.45) is 1.78. The number of Topliss-reactive ketones (excluding diaryl/α,β-unsaturated/α-hetero) is 2. The number of carbonyl (C=O) groups excluding carboxylic acids is 3. The largest absolute Gasteiger partial charge is 0.508 e. The molecule has 6 N–H and O–H groups in total. The number of nitrogens with two attached hydrogens (primary N) is 1. The summed E-state index contributed by atoms with van der Waals surface area (Å²) in [7, 11) is 0. The second kappa shape index (κ2) is 7.54. The molecule has 1 amide bonds. The van der Waals surface area contributed by atoms with Crippen LogP contribution in [0.3, 0.4) is 0 Å². The Kier molecular flexibility index (Phi) is 4.92. The molecule has 2 aromatic rings. The molecule has 0 spiro atoms. The number of phenols is 1. The number of amides is 1. The van der Waals surface area contributed by atoms with Gasteiger partial charge >= 0.3 is 0 Å². The van der Waals surface area contributed by atoms with E-state index in [-0.39, 0.29) is 42.2 Å². The Morgan fingerprint density at radius 3 is 2.51 bits per heavy atom. The monoisotopic (exact) mass is 479 g/mol. The van der Waals surface area contributed by atoms with Crippen molar-refractivity contribution in [3.8, 4) is 17.0 Å². The van der Waals surface area contributed by atoms with Gasteiger partial charge in [0.2, 0.25) is 5.78 Å². The molecule has 1 aromatic heterocycles. The van der Waals surface area contributed by atoms with Crippen molar-refractivity contribution in [3.05, 3.63) is 52.4 Å². The molecule has 3 aliphatic carbocycles. The van der Waals surface area contributed by atoms with Gasteiger partial charge in [-0.25, -0.2) is 0 Å². The lowest BCUT2D eigenvalue weighted by molar-refractivity contribution is -0.147. The molecule has 0 aliphatic heterocycles. The summed E-state index contributed by atoms with van der Waals surface area (Å²) >= 11 is 0. The number of fused-ring (bicyclic) bond motifs is 3. The van der Waals surface area contributed by atoms with E-state index in [9.17, 15) is 34.8 Å². The van der Waals surface area contributed by atoms with Crippen LogP contribution >= 0.6 is 0 Å². The van der Waals surface area contributed by atoms with Crippen molar-refractivity contribution < 1.29 is 34.8 Å². The third-order valence-corrected chi connectivity index (χ3v) is 7.36. The number of aromatic nitrogens is 2. The average molecular weight is 479 g/mol. The van der Waals surface area contributed by atoms with Crippen LogP contribution in [0, 0.1) is 11.8 Å². The van der Waals surface area contributed by atoms with Gasteiger partial charge in [-0.3, -0.25) is 19.1 Å². The van der Waals surface area contributed by atoms with E-state index in [1.165, 1.54) is 6.07 Å². The first-order valence-electron chi connectivity index (χ1n) is 11.3. The fourth-order valence-electron chi connectivity index (χ4n) is 5.63. The van der Waals surface area contributed by atoms with E-state index in [2.05, 4.69) is 5.10 Å². The Bertz CT molecular complexity index is 1380. The SMILES string of the molecule is CC(C)n1ccc(-c2ccc(O)c3c2CC2CC4CC(=O)C(C(N)=O)=C(O)C4(O)C(=O)C2=C3O)n1. The van der Waals surface area contributed by atoms with E-state index in [4.69, 9.17) is 5.73 Å². The van der Waals surface area contributed by atoms with Gasteiger partial charge in [-0.05, 0) is 56.4 Å². The van der Waals surface area contributed by atoms with Gasteiger partial charge in [0.15, 0.2) is 11.4 Å². The number of rotatable bonds is 3. The zero-order valence-electron chi connectivity index (χ0n) is 19.1. The summed E-state index contributed by atoms with van der Waals surface area (Å²) < 4.78 is 1.78. The van der Waals surface area contributed by atoms with Crippen LogP contribution in [-0.2, 0) is 20.8 Å². The van der Waals surface area contributed by atoms with Crippen LogP contribution in [0.25, 0.3) is 17.0 Å². The molecular weight excluding hydrogens is 454 g/mol. The minimum absolute atomic E-state index is 0.0497. The highest BCUT2D eigenvalue weighted by molar-refractivity contribution is 6.22. The molecule has 182 valence electrons. The summed E-state index contributed by atoms with van der Waals surface area (Å²) in [4.78, 5) is 37.7. The predicted molar refractivity (Wildman–Crippen MR) is 123 cm³/mol. The standard InChI is InChI=1S/C25H25N3O7/c1-10(2)28-6-5-15(27-28)13-3-4-16(29)19-14(13)8-11-7-12-9-17(30)20(24(26)34)23(33)25(12,35)22(32)18(11)21(19)31/h3-6,10-12,29,31,33,35H,7-9H2,1-2H3,(H2,26,34). The van der Waals surface area contributed by atoms with Gasteiger partial charge in [-0.2, -0.15) is 5.10 Å². The van der Waals surface area contributed by atoms with Gasteiger partial charge < -0.3 is 26.2 Å². The quantitative estimate of drug-likeness (QED) is 0.414. The highest BCUT2D eigenvalue weighted by Gasteiger charge is 2.60. The van der Waals surface area contributed by atoms with E-state index in [0.29, 0.717) is 16.8 Å². The van der Waals surface area contributed by atoms with E-state index < -0.39 is 52.0 Å². The molecule has 1 saturated carbocycles. The smallest absolute Gasteiger partial charge is 0.255 e. The number of carbonyl (C=O) groups is 3. The molecule has 0 saturated heterocycles. The number of nitrogens with zero attached hydrogens (tertiary/aromatic N) is 2. The minimum atomic E-state index is -2.57. The second-order valence-corrected chi connectivity index (χ2v) is 9.67. The topological polar surface area (TPSA) is 176 Å². The van der Waals surface area contributed by atoms with Crippen molar-refractivity contribution in [1.29, 1.82) is 0 Å². The molecule has 1 aromatic carbocycles. The van der Waals surface area contributed by atoms with E-state index in [1.54, 1.807) is 10.7 Å². The molecule has 1 fully saturated rings. The number of phenolic OH excluding ortho intramolecular Hbond substituents is 1. The first-order chi connectivity index (χ1) is 16.5. The minimum Gasteiger partial charge on any atom is -0.508 e. The molecule has 1 heterocycles. The first kappa shape index (κ1) is 22.9. The summed E-state index contributed by atoms with van der Waals surface area (Å²) in [6, 6.07) is 5.03. The van der Waals surface area contributed by atoms with Crippen LogP contribution in [0.15, 0.2) is 41.3 Å². The number of benzene rings is 1. The van der Waals surface area contributed by atoms with Crippen molar-refractivity contribution in [3.63, 3.8) is 0 Å². The highest BCUT2D eigenvalue weighted by atomic mass is 16.3. The van der Waals surface area contributed by atoms with Crippen molar-refractivity contribution in [1.82, 2.24) is 9.78 Å². The molecule has 10 heteroatoms. The maximum atomic E-state index is 13.5. The number of ketones is 2. The Morgan fingerprint density at radius 2 is 1.89 bits per heavy atom. The zero-order chi connectivity index (χ0) is 25.4. The van der Waals surface area contributed by atoms with Crippen LogP contribution in [-0.4, -0.2) is 53.3 Å². The van der Waals surface area contributed by atoms with Gasteiger partial charge in [-0.15, -0.1) is 0 Å². The van der Waals surface area contributed by atoms with Gasteiger partial charge in [0, 0.05) is 35.7 Å². The highest BCUT2D eigenvalue weighted by Crippen LogP contribution is 2.52. The number of aromatic hydroxyl groups is 1. The maximum Gasteiger partial charge on any atom is 0.255 e. The maximum absolute atomic E-state index is 13.5. The van der Waals surface area contributed by atoms with Crippen LogP contribution in [0.5, 0.6) is 5.75 Å². The van der Waals surface area contributed by atoms with Crippen LogP contribution < -0.4 is 5.73 Å². The van der Waals surface area contributed by atoms with Gasteiger partial charge in [0.1, 0.15) is 22.8 Å². The molecule has 35 heavy (non-hydrogen) atoms. The summed E-state index contributed by atoms with van der Waals surface area (Å²) in [6.45, 7) is 3.97. The van der Waals surface area contributed by atoms with Crippen molar-refractivity contribution >= 4 is 23.2 Å². The summed E-state index contributed by atoms with van der Waals surface area (Å²) in [5, 5.41) is 48.3. The van der Waals surface area contributed by atoms with Crippen molar-refractivity contribution in [2.75, 3.05) is 0 Å². The van der Waals surface area contributed by atoms with Gasteiger partial charge in [0.05, 0.1) is 11.3 Å². The summed E-state index contributed by atoms with van der Waals surface area (Å²) in [5.74, 6) is -6.46. The fourth-order valence-corrected chi connectivity index (χ4v) is 5.63. The number of aliphatic hydroxyl groups is 3. The molecule has 0 bridgehead atoms. The van der Waals surface area contributed by atoms with Gasteiger partial charge in [0.25, 0.3) is 5.91 Å². The first-order valence-corrected chi connectivity index (χ1v) is 11.3. The van der Waals surface area contributed by atoms with Crippen LogP contribution in [0.2, 0.25) is 0 Å². The Hall–Kier alpha value is -3.92.